The average molecular weight is 264 g/mol. The highest BCUT2D eigenvalue weighted by Gasteiger charge is 2.29. The minimum Gasteiger partial charge on any atom is -0.497 e. The molecule has 0 fully saturated rings. The topological polar surface area (TPSA) is 69.7 Å². The standard InChI is InChI=1S/C14H16O5/c1-14(2,3)19-13(17)12(16)11(15)9-5-7-10(18-4)8-6-9/h5-8H,1-4H3. The summed E-state index contributed by atoms with van der Waals surface area (Å²) >= 11 is 0. The number of ether oxygens (including phenoxy) is 2. The maximum atomic E-state index is 11.8. The van der Waals surface area contributed by atoms with Crippen LogP contribution in [0.3, 0.4) is 0 Å². The quantitative estimate of drug-likeness (QED) is 0.359. The predicted octanol–water partition coefficient (Wildman–Crippen LogP) is 1.79. The number of Topliss-reactive ketones (excluding diaryl/α,β-unsaturated/α-hetero) is 2. The largest absolute Gasteiger partial charge is 0.497 e. The maximum absolute atomic E-state index is 11.8. The van der Waals surface area contributed by atoms with Gasteiger partial charge in [0.15, 0.2) is 0 Å². The molecule has 0 atom stereocenters. The molecule has 0 bridgehead atoms. The van der Waals surface area contributed by atoms with Gasteiger partial charge in [0.25, 0.3) is 0 Å². The van der Waals surface area contributed by atoms with Crippen LogP contribution in [0.15, 0.2) is 24.3 Å². The number of ketones is 2. The molecular weight excluding hydrogens is 248 g/mol. The molecule has 5 heteroatoms. The highest BCUT2D eigenvalue weighted by molar-refractivity contribution is 6.65. The highest BCUT2D eigenvalue weighted by atomic mass is 16.6. The van der Waals surface area contributed by atoms with Gasteiger partial charge in [0.2, 0.25) is 5.78 Å². The van der Waals surface area contributed by atoms with Gasteiger partial charge in [-0.3, -0.25) is 9.59 Å². The number of hydrogen-bond acceptors (Lipinski definition) is 5. The molecule has 0 heterocycles. The summed E-state index contributed by atoms with van der Waals surface area (Å²) in [4.78, 5) is 34.9. The van der Waals surface area contributed by atoms with Gasteiger partial charge >= 0.3 is 11.8 Å². The van der Waals surface area contributed by atoms with Crippen molar-refractivity contribution in [1.29, 1.82) is 0 Å². The SMILES string of the molecule is COc1ccc(C(=O)C(=O)C(=O)OC(C)(C)C)cc1. The summed E-state index contributed by atoms with van der Waals surface area (Å²) in [5.74, 6) is -2.66. The van der Waals surface area contributed by atoms with Gasteiger partial charge in [-0.05, 0) is 45.0 Å². The third-order valence-electron chi connectivity index (χ3n) is 2.14. The molecule has 1 rings (SSSR count). The van der Waals surface area contributed by atoms with E-state index in [1.165, 1.54) is 31.4 Å². The van der Waals surface area contributed by atoms with Crippen LogP contribution in [0.25, 0.3) is 0 Å². The van der Waals surface area contributed by atoms with E-state index in [9.17, 15) is 14.4 Å². The zero-order valence-electron chi connectivity index (χ0n) is 11.4. The van der Waals surface area contributed by atoms with E-state index in [4.69, 9.17) is 9.47 Å². The molecule has 0 spiro atoms. The predicted molar refractivity (Wildman–Crippen MR) is 68.2 cm³/mol. The third kappa shape index (κ3) is 4.21. The Kier molecular flexibility index (Phi) is 4.43. The summed E-state index contributed by atoms with van der Waals surface area (Å²) in [6.07, 6.45) is 0. The number of esters is 1. The van der Waals surface area contributed by atoms with E-state index in [0.29, 0.717) is 5.75 Å². The lowest BCUT2D eigenvalue weighted by Crippen LogP contribution is -2.33. The molecular formula is C14H16O5. The normalized spacial score (nSPS) is 10.7. The highest BCUT2D eigenvalue weighted by Crippen LogP contribution is 2.13. The van der Waals surface area contributed by atoms with E-state index in [1.54, 1.807) is 20.8 Å². The van der Waals surface area contributed by atoms with Crippen LogP contribution in [0.5, 0.6) is 5.75 Å². The molecule has 1 aromatic rings. The van der Waals surface area contributed by atoms with Gasteiger partial charge in [-0.25, -0.2) is 4.79 Å². The number of carbonyl (C=O) groups is 3. The van der Waals surface area contributed by atoms with E-state index in [-0.39, 0.29) is 5.56 Å². The Morgan fingerprint density at radius 3 is 1.95 bits per heavy atom. The van der Waals surface area contributed by atoms with Crippen LogP contribution in [0.1, 0.15) is 31.1 Å². The van der Waals surface area contributed by atoms with Crippen LogP contribution in [0.2, 0.25) is 0 Å². The molecule has 19 heavy (non-hydrogen) atoms. The monoisotopic (exact) mass is 264 g/mol. The van der Waals surface area contributed by atoms with Crippen LogP contribution >= 0.6 is 0 Å². The summed E-state index contributed by atoms with van der Waals surface area (Å²) < 4.78 is 9.79. The van der Waals surface area contributed by atoms with Crippen LogP contribution in [0, 0.1) is 0 Å². The van der Waals surface area contributed by atoms with Crippen molar-refractivity contribution in [3.05, 3.63) is 29.8 Å². The van der Waals surface area contributed by atoms with Crippen molar-refractivity contribution in [1.82, 2.24) is 0 Å². The first-order valence-electron chi connectivity index (χ1n) is 5.70. The smallest absolute Gasteiger partial charge is 0.383 e. The molecule has 0 aliphatic heterocycles. The summed E-state index contributed by atoms with van der Waals surface area (Å²) in [5.41, 5.74) is -0.691. The van der Waals surface area contributed by atoms with Gasteiger partial charge in [0.05, 0.1) is 7.11 Å². The van der Waals surface area contributed by atoms with E-state index in [0.717, 1.165) is 0 Å². The second-order valence-corrected chi connectivity index (χ2v) is 4.89. The molecule has 0 aliphatic carbocycles. The lowest BCUT2D eigenvalue weighted by Gasteiger charge is -2.18. The fourth-order valence-corrected chi connectivity index (χ4v) is 1.29. The molecule has 1 aromatic carbocycles. The van der Waals surface area contributed by atoms with Crippen molar-refractivity contribution >= 4 is 17.5 Å². The molecule has 0 radical (unpaired) electrons. The Balaban J connectivity index is 2.81. The summed E-state index contributed by atoms with van der Waals surface area (Å²) in [6, 6.07) is 5.91. The van der Waals surface area contributed by atoms with Gasteiger partial charge in [0, 0.05) is 5.56 Å². The van der Waals surface area contributed by atoms with Crippen molar-refractivity contribution in [3.8, 4) is 5.75 Å². The van der Waals surface area contributed by atoms with Crippen LogP contribution in [-0.2, 0) is 14.3 Å². The molecule has 5 nitrogen and oxygen atoms in total. The Labute approximate surface area is 111 Å². The summed E-state index contributed by atoms with van der Waals surface area (Å²) in [7, 11) is 1.49. The second kappa shape index (κ2) is 5.65. The number of benzene rings is 1. The van der Waals surface area contributed by atoms with Crippen LogP contribution in [0.4, 0.5) is 0 Å². The van der Waals surface area contributed by atoms with E-state index in [1.807, 2.05) is 0 Å². The zero-order chi connectivity index (χ0) is 14.6. The molecule has 0 saturated heterocycles. The van der Waals surface area contributed by atoms with Crippen molar-refractivity contribution in [3.63, 3.8) is 0 Å². The van der Waals surface area contributed by atoms with Crippen molar-refractivity contribution in [2.75, 3.05) is 7.11 Å². The second-order valence-electron chi connectivity index (χ2n) is 4.89. The van der Waals surface area contributed by atoms with E-state index in [2.05, 4.69) is 0 Å². The lowest BCUT2D eigenvalue weighted by molar-refractivity contribution is -0.160. The van der Waals surface area contributed by atoms with Crippen molar-refractivity contribution in [2.24, 2.45) is 0 Å². The Bertz CT molecular complexity index is 494. The Morgan fingerprint density at radius 1 is 1.00 bits per heavy atom. The minimum atomic E-state index is -1.18. The van der Waals surface area contributed by atoms with Gasteiger partial charge in [-0.15, -0.1) is 0 Å². The van der Waals surface area contributed by atoms with Crippen LogP contribution < -0.4 is 4.74 Å². The fraction of sp³-hybridized carbons (Fsp3) is 0.357. The van der Waals surface area contributed by atoms with E-state index >= 15 is 0 Å². The number of carbonyl (C=O) groups excluding carboxylic acids is 3. The molecule has 0 N–H and O–H groups in total. The molecule has 0 saturated carbocycles. The first-order valence-corrected chi connectivity index (χ1v) is 5.70. The fourth-order valence-electron chi connectivity index (χ4n) is 1.29. The Hall–Kier alpha value is -2.17. The lowest BCUT2D eigenvalue weighted by atomic mass is 10.1. The first-order chi connectivity index (χ1) is 8.74. The maximum Gasteiger partial charge on any atom is 0.383 e. The minimum absolute atomic E-state index is 0.122. The van der Waals surface area contributed by atoms with Gasteiger partial charge in [-0.1, -0.05) is 0 Å². The summed E-state index contributed by atoms with van der Waals surface area (Å²) in [6.45, 7) is 4.86. The van der Waals surface area contributed by atoms with Gasteiger partial charge in [-0.2, -0.15) is 0 Å². The molecule has 0 aliphatic rings. The van der Waals surface area contributed by atoms with Gasteiger partial charge in [0.1, 0.15) is 11.4 Å². The first kappa shape index (κ1) is 14.9. The zero-order valence-corrected chi connectivity index (χ0v) is 11.4. The average Bonchev–Trinajstić information content (AvgIpc) is 2.35. The number of methoxy groups -OCH3 is 1. The van der Waals surface area contributed by atoms with Gasteiger partial charge < -0.3 is 9.47 Å². The number of rotatable bonds is 4. The molecule has 0 unspecified atom stereocenters. The number of hydrogen-bond donors (Lipinski definition) is 0. The molecule has 0 amide bonds. The Morgan fingerprint density at radius 2 is 1.53 bits per heavy atom. The third-order valence-corrected chi connectivity index (χ3v) is 2.14. The van der Waals surface area contributed by atoms with Crippen molar-refractivity contribution < 1.29 is 23.9 Å². The summed E-state index contributed by atoms with van der Waals surface area (Å²) in [5, 5.41) is 0. The molecule has 0 aromatic heterocycles. The van der Waals surface area contributed by atoms with Crippen LogP contribution in [-0.4, -0.2) is 30.2 Å². The van der Waals surface area contributed by atoms with E-state index < -0.39 is 23.1 Å². The van der Waals surface area contributed by atoms with Crippen molar-refractivity contribution in [2.45, 2.75) is 26.4 Å². The molecule has 102 valence electrons.